The molecule has 29 heavy (non-hydrogen) atoms. The standard InChI is InChI=1S/C22H20F2N4O/c1-3-17(22(29)26-12-14-5-10-20(25)19(24)11-14)18-13-27-28(21(18)4-2)16-8-6-15(23)7-9-16/h3-11,13H,2,12,25H2,1H3,(H,26,29)/b17-3+. The van der Waals surface area contributed by atoms with Gasteiger partial charge in [0.2, 0.25) is 0 Å². The van der Waals surface area contributed by atoms with E-state index in [0.717, 1.165) is 0 Å². The minimum atomic E-state index is -0.530. The number of hydrogen-bond donors (Lipinski definition) is 2. The highest BCUT2D eigenvalue weighted by molar-refractivity contribution is 6.20. The molecule has 1 aromatic heterocycles. The van der Waals surface area contributed by atoms with Gasteiger partial charge in [-0.3, -0.25) is 4.79 Å². The fourth-order valence-corrected chi connectivity index (χ4v) is 2.92. The van der Waals surface area contributed by atoms with Crippen LogP contribution in [-0.4, -0.2) is 15.7 Å². The van der Waals surface area contributed by atoms with Crippen LogP contribution in [-0.2, 0) is 11.3 Å². The summed E-state index contributed by atoms with van der Waals surface area (Å²) >= 11 is 0. The van der Waals surface area contributed by atoms with Gasteiger partial charge in [0.1, 0.15) is 11.6 Å². The number of carbonyl (C=O) groups excluding carboxylic acids is 1. The zero-order valence-electron chi connectivity index (χ0n) is 15.8. The van der Waals surface area contributed by atoms with E-state index in [0.29, 0.717) is 28.1 Å². The van der Waals surface area contributed by atoms with Gasteiger partial charge in [-0.1, -0.05) is 18.7 Å². The number of nitrogens with two attached hydrogens (primary N) is 1. The molecule has 2 aromatic carbocycles. The molecule has 0 bridgehead atoms. The van der Waals surface area contributed by atoms with Crippen molar-refractivity contribution in [2.75, 3.05) is 5.73 Å². The van der Waals surface area contributed by atoms with Crippen molar-refractivity contribution in [3.8, 4) is 5.69 Å². The van der Waals surface area contributed by atoms with Gasteiger partial charge in [0.15, 0.2) is 0 Å². The summed E-state index contributed by atoms with van der Waals surface area (Å²) in [6.07, 6.45) is 4.80. The van der Waals surface area contributed by atoms with Crippen molar-refractivity contribution < 1.29 is 13.6 Å². The minimum Gasteiger partial charge on any atom is -0.396 e. The summed E-state index contributed by atoms with van der Waals surface area (Å²) in [5, 5.41) is 7.08. The number of rotatable bonds is 6. The van der Waals surface area contributed by atoms with E-state index in [1.54, 1.807) is 48.2 Å². The molecule has 7 heteroatoms. The lowest BCUT2D eigenvalue weighted by atomic mass is 10.0. The molecule has 0 unspecified atom stereocenters. The molecule has 0 aliphatic carbocycles. The number of nitrogens with zero attached hydrogens (tertiary/aromatic N) is 2. The quantitative estimate of drug-likeness (QED) is 0.488. The Hall–Kier alpha value is -3.74. The lowest BCUT2D eigenvalue weighted by molar-refractivity contribution is -0.115. The van der Waals surface area contributed by atoms with Crippen LogP contribution < -0.4 is 11.1 Å². The molecule has 0 saturated carbocycles. The Kier molecular flexibility index (Phi) is 5.87. The van der Waals surface area contributed by atoms with Crippen LogP contribution in [0.2, 0.25) is 0 Å². The van der Waals surface area contributed by atoms with Gasteiger partial charge in [-0.25, -0.2) is 13.5 Å². The molecule has 148 valence electrons. The Morgan fingerprint density at radius 2 is 1.97 bits per heavy atom. The van der Waals surface area contributed by atoms with E-state index in [-0.39, 0.29) is 24.0 Å². The number of benzene rings is 2. The second-order valence-electron chi connectivity index (χ2n) is 6.28. The first-order valence-electron chi connectivity index (χ1n) is 8.89. The molecule has 0 atom stereocenters. The van der Waals surface area contributed by atoms with Crippen molar-refractivity contribution in [2.45, 2.75) is 13.5 Å². The third kappa shape index (κ3) is 4.24. The average Bonchev–Trinajstić information content (AvgIpc) is 3.13. The smallest absolute Gasteiger partial charge is 0.251 e. The number of nitrogens with one attached hydrogen (secondary N) is 1. The molecule has 0 aliphatic rings. The molecular weight excluding hydrogens is 374 g/mol. The van der Waals surface area contributed by atoms with Crippen LogP contribution >= 0.6 is 0 Å². The third-order valence-electron chi connectivity index (χ3n) is 4.41. The van der Waals surface area contributed by atoms with Crippen molar-refractivity contribution in [1.82, 2.24) is 15.1 Å². The number of halogens is 2. The van der Waals surface area contributed by atoms with Gasteiger partial charge in [-0.05, 0) is 55.0 Å². The Morgan fingerprint density at radius 1 is 1.24 bits per heavy atom. The predicted octanol–water partition coefficient (Wildman–Crippen LogP) is 4.10. The zero-order valence-corrected chi connectivity index (χ0v) is 15.8. The Balaban J connectivity index is 1.84. The number of anilines is 1. The van der Waals surface area contributed by atoms with Crippen molar-refractivity contribution >= 4 is 23.2 Å². The molecule has 3 N–H and O–H groups in total. The number of hydrogen-bond acceptors (Lipinski definition) is 3. The normalized spacial score (nSPS) is 11.3. The molecule has 0 aliphatic heterocycles. The summed E-state index contributed by atoms with van der Waals surface area (Å²) in [5.41, 5.74) is 8.32. The Morgan fingerprint density at radius 3 is 2.59 bits per heavy atom. The fourth-order valence-electron chi connectivity index (χ4n) is 2.92. The van der Waals surface area contributed by atoms with Crippen LogP contribution in [0.5, 0.6) is 0 Å². The lowest BCUT2D eigenvalue weighted by Gasteiger charge is -2.10. The van der Waals surface area contributed by atoms with E-state index in [2.05, 4.69) is 17.0 Å². The summed E-state index contributed by atoms with van der Waals surface area (Å²) in [6.45, 7) is 5.69. The van der Waals surface area contributed by atoms with Crippen LogP contribution in [0.25, 0.3) is 17.3 Å². The number of nitrogen functional groups attached to an aromatic ring is 1. The van der Waals surface area contributed by atoms with Crippen molar-refractivity contribution in [2.24, 2.45) is 0 Å². The summed E-state index contributed by atoms with van der Waals surface area (Å²) in [7, 11) is 0. The van der Waals surface area contributed by atoms with E-state index in [1.165, 1.54) is 24.3 Å². The summed E-state index contributed by atoms with van der Waals surface area (Å²) < 4.78 is 28.4. The maximum atomic E-state index is 13.6. The molecule has 1 amide bonds. The molecule has 0 spiro atoms. The molecule has 5 nitrogen and oxygen atoms in total. The molecule has 1 heterocycles. The van der Waals surface area contributed by atoms with Crippen molar-refractivity contribution in [3.05, 3.63) is 89.8 Å². The Labute approximate surface area is 167 Å². The van der Waals surface area contributed by atoms with Gasteiger partial charge in [0.25, 0.3) is 5.91 Å². The second-order valence-corrected chi connectivity index (χ2v) is 6.28. The highest BCUT2D eigenvalue weighted by atomic mass is 19.1. The average molecular weight is 394 g/mol. The van der Waals surface area contributed by atoms with E-state index in [9.17, 15) is 13.6 Å². The minimum absolute atomic E-state index is 0.0538. The summed E-state index contributed by atoms with van der Waals surface area (Å²) in [4.78, 5) is 12.7. The number of amides is 1. The van der Waals surface area contributed by atoms with Gasteiger partial charge in [0.05, 0.1) is 23.3 Å². The van der Waals surface area contributed by atoms with Crippen LogP contribution in [0.1, 0.15) is 23.7 Å². The number of allylic oxidation sites excluding steroid dienone is 1. The Bertz CT molecular complexity index is 1080. The van der Waals surface area contributed by atoms with E-state index < -0.39 is 5.82 Å². The monoisotopic (exact) mass is 394 g/mol. The number of carbonyl (C=O) groups is 1. The van der Waals surface area contributed by atoms with Crippen molar-refractivity contribution in [1.29, 1.82) is 0 Å². The van der Waals surface area contributed by atoms with Gasteiger partial charge in [0, 0.05) is 17.7 Å². The van der Waals surface area contributed by atoms with Crippen LogP contribution in [0.4, 0.5) is 14.5 Å². The van der Waals surface area contributed by atoms with E-state index >= 15 is 0 Å². The molecule has 0 radical (unpaired) electrons. The first kappa shape index (κ1) is 20.0. The van der Waals surface area contributed by atoms with Crippen molar-refractivity contribution in [3.63, 3.8) is 0 Å². The third-order valence-corrected chi connectivity index (χ3v) is 4.41. The number of aromatic nitrogens is 2. The summed E-state index contributed by atoms with van der Waals surface area (Å²) in [6, 6.07) is 10.2. The van der Waals surface area contributed by atoms with E-state index in [1.807, 2.05) is 0 Å². The molecule has 0 saturated heterocycles. The van der Waals surface area contributed by atoms with Crippen LogP contribution in [0.3, 0.4) is 0 Å². The lowest BCUT2D eigenvalue weighted by Crippen LogP contribution is -2.24. The van der Waals surface area contributed by atoms with E-state index in [4.69, 9.17) is 5.73 Å². The molecule has 0 fully saturated rings. The molecule has 3 rings (SSSR count). The van der Waals surface area contributed by atoms with Gasteiger partial charge >= 0.3 is 0 Å². The summed E-state index contributed by atoms with van der Waals surface area (Å²) in [5.74, 6) is -1.22. The maximum Gasteiger partial charge on any atom is 0.251 e. The second kappa shape index (κ2) is 8.52. The zero-order chi connectivity index (χ0) is 21.0. The van der Waals surface area contributed by atoms with Gasteiger partial charge in [-0.2, -0.15) is 5.10 Å². The predicted molar refractivity (Wildman–Crippen MR) is 110 cm³/mol. The van der Waals surface area contributed by atoms with Crippen LogP contribution in [0, 0.1) is 11.6 Å². The first-order chi connectivity index (χ1) is 13.9. The fraction of sp³-hybridized carbons (Fsp3) is 0.0909. The highest BCUT2D eigenvalue weighted by Gasteiger charge is 2.18. The highest BCUT2D eigenvalue weighted by Crippen LogP contribution is 2.24. The van der Waals surface area contributed by atoms with Gasteiger partial charge in [-0.15, -0.1) is 0 Å². The molecular formula is C22H20F2N4O. The van der Waals surface area contributed by atoms with Gasteiger partial charge < -0.3 is 11.1 Å². The first-order valence-corrected chi connectivity index (χ1v) is 8.89. The maximum absolute atomic E-state index is 13.6. The largest absolute Gasteiger partial charge is 0.396 e. The molecule has 3 aromatic rings. The van der Waals surface area contributed by atoms with Crippen LogP contribution in [0.15, 0.2) is 61.3 Å². The SMILES string of the molecule is C=Cc1c(/C(=C\C)C(=O)NCc2ccc(N)c(F)c2)cnn1-c1ccc(F)cc1. The topological polar surface area (TPSA) is 72.9 Å².